The molecule has 1 heterocycles. The Morgan fingerprint density at radius 1 is 1.43 bits per heavy atom. The van der Waals surface area contributed by atoms with Crippen molar-refractivity contribution in [3.05, 3.63) is 15.6 Å². The first kappa shape index (κ1) is 10.1. The first-order valence-electron chi connectivity index (χ1n) is 5.55. The zero-order valence-electron chi connectivity index (χ0n) is 8.75. The highest BCUT2D eigenvalue weighted by Crippen LogP contribution is 2.30. The number of hydrogen-bond acceptors (Lipinski definition) is 3. The molecule has 0 radical (unpaired) electrons. The molecule has 1 atom stereocenters. The third-order valence-corrected chi connectivity index (χ3v) is 4.07. The van der Waals surface area contributed by atoms with Gasteiger partial charge in [-0.25, -0.2) is 4.98 Å². The van der Waals surface area contributed by atoms with Gasteiger partial charge in [-0.3, -0.25) is 0 Å². The maximum atomic E-state index is 6.07. The van der Waals surface area contributed by atoms with E-state index < -0.39 is 0 Å². The Kier molecular flexibility index (Phi) is 3.19. The summed E-state index contributed by atoms with van der Waals surface area (Å²) >= 11 is 1.85. The SMILES string of the molecule is CCC[C@@H](N)c1nc2c(s1)CCCC2. The molecule has 14 heavy (non-hydrogen) atoms. The van der Waals surface area contributed by atoms with Crippen LogP contribution in [-0.2, 0) is 12.8 Å². The third-order valence-electron chi connectivity index (χ3n) is 2.78. The number of aryl methyl sites for hydroxylation is 2. The molecular formula is C11H18N2S. The molecule has 0 saturated carbocycles. The summed E-state index contributed by atoms with van der Waals surface area (Å²) in [5.74, 6) is 0. The van der Waals surface area contributed by atoms with Crippen molar-refractivity contribution in [3.63, 3.8) is 0 Å². The van der Waals surface area contributed by atoms with Crippen LogP contribution in [0.3, 0.4) is 0 Å². The van der Waals surface area contributed by atoms with Crippen LogP contribution >= 0.6 is 11.3 Å². The minimum Gasteiger partial charge on any atom is -0.322 e. The topological polar surface area (TPSA) is 38.9 Å². The molecule has 0 bridgehead atoms. The molecule has 0 amide bonds. The van der Waals surface area contributed by atoms with Crippen LogP contribution in [0.25, 0.3) is 0 Å². The highest BCUT2D eigenvalue weighted by Gasteiger charge is 2.17. The normalized spacial score (nSPS) is 17.9. The fourth-order valence-electron chi connectivity index (χ4n) is 1.97. The zero-order chi connectivity index (χ0) is 9.97. The maximum absolute atomic E-state index is 6.07. The fraction of sp³-hybridized carbons (Fsp3) is 0.727. The number of aromatic nitrogens is 1. The van der Waals surface area contributed by atoms with Gasteiger partial charge in [0.2, 0.25) is 0 Å². The fourth-order valence-corrected chi connectivity index (χ4v) is 3.15. The first-order valence-corrected chi connectivity index (χ1v) is 6.37. The van der Waals surface area contributed by atoms with Crippen molar-refractivity contribution >= 4 is 11.3 Å². The highest BCUT2D eigenvalue weighted by molar-refractivity contribution is 7.11. The van der Waals surface area contributed by atoms with Gasteiger partial charge in [0.15, 0.2) is 0 Å². The lowest BCUT2D eigenvalue weighted by Gasteiger charge is -2.06. The summed E-state index contributed by atoms with van der Waals surface area (Å²) in [5, 5.41) is 1.17. The van der Waals surface area contributed by atoms with Gasteiger partial charge in [0.1, 0.15) is 5.01 Å². The van der Waals surface area contributed by atoms with Gasteiger partial charge >= 0.3 is 0 Å². The van der Waals surface area contributed by atoms with E-state index >= 15 is 0 Å². The number of thiazole rings is 1. The Hall–Kier alpha value is -0.410. The molecule has 0 spiro atoms. The Morgan fingerprint density at radius 3 is 2.93 bits per heavy atom. The molecule has 2 rings (SSSR count). The molecule has 0 fully saturated rings. The van der Waals surface area contributed by atoms with Gasteiger partial charge in [-0.1, -0.05) is 13.3 Å². The summed E-state index contributed by atoms with van der Waals surface area (Å²) in [6, 6.07) is 0.176. The van der Waals surface area contributed by atoms with Crippen molar-refractivity contribution in [2.45, 2.75) is 51.5 Å². The van der Waals surface area contributed by atoms with E-state index in [1.165, 1.54) is 41.3 Å². The van der Waals surface area contributed by atoms with Crippen LogP contribution in [0, 0.1) is 0 Å². The van der Waals surface area contributed by atoms with Crippen molar-refractivity contribution < 1.29 is 0 Å². The summed E-state index contributed by atoms with van der Waals surface area (Å²) in [7, 11) is 0. The molecule has 0 aliphatic heterocycles. The lowest BCUT2D eigenvalue weighted by Crippen LogP contribution is -2.09. The third kappa shape index (κ3) is 1.98. The Morgan fingerprint density at radius 2 is 2.21 bits per heavy atom. The van der Waals surface area contributed by atoms with Gasteiger partial charge in [-0.15, -0.1) is 11.3 Å². The molecule has 1 aromatic heterocycles. The van der Waals surface area contributed by atoms with E-state index in [1.54, 1.807) is 0 Å². The number of nitrogens with zero attached hydrogens (tertiary/aromatic N) is 1. The van der Waals surface area contributed by atoms with Gasteiger partial charge in [0.25, 0.3) is 0 Å². The molecule has 0 saturated heterocycles. The quantitative estimate of drug-likeness (QED) is 0.833. The minimum atomic E-state index is 0.176. The van der Waals surface area contributed by atoms with Gasteiger partial charge in [-0.2, -0.15) is 0 Å². The van der Waals surface area contributed by atoms with E-state index in [0.717, 1.165) is 12.8 Å². The first-order chi connectivity index (χ1) is 6.81. The summed E-state index contributed by atoms with van der Waals surface area (Å²) in [6.45, 7) is 2.17. The Labute approximate surface area is 89.5 Å². The predicted molar refractivity (Wildman–Crippen MR) is 60.6 cm³/mol. The van der Waals surface area contributed by atoms with Crippen LogP contribution < -0.4 is 5.73 Å². The van der Waals surface area contributed by atoms with E-state index in [2.05, 4.69) is 11.9 Å². The number of fused-ring (bicyclic) bond motifs is 1. The van der Waals surface area contributed by atoms with Gasteiger partial charge < -0.3 is 5.73 Å². The van der Waals surface area contributed by atoms with E-state index in [9.17, 15) is 0 Å². The second-order valence-electron chi connectivity index (χ2n) is 4.02. The van der Waals surface area contributed by atoms with Crippen LogP contribution in [0.15, 0.2) is 0 Å². The van der Waals surface area contributed by atoms with E-state index in [-0.39, 0.29) is 6.04 Å². The summed E-state index contributed by atoms with van der Waals surface area (Å²) in [6.07, 6.45) is 7.24. The monoisotopic (exact) mass is 210 g/mol. The molecule has 1 aliphatic rings. The van der Waals surface area contributed by atoms with Crippen LogP contribution in [-0.4, -0.2) is 4.98 Å². The van der Waals surface area contributed by atoms with Gasteiger partial charge in [0.05, 0.1) is 11.7 Å². The Bertz CT molecular complexity index is 283. The van der Waals surface area contributed by atoms with Crippen molar-refractivity contribution in [2.75, 3.05) is 0 Å². The minimum absolute atomic E-state index is 0.176. The predicted octanol–water partition coefficient (Wildman–Crippen LogP) is 2.82. The largest absolute Gasteiger partial charge is 0.322 e. The second kappa shape index (κ2) is 4.41. The summed E-state index contributed by atoms with van der Waals surface area (Å²) in [4.78, 5) is 6.16. The number of hydrogen-bond donors (Lipinski definition) is 1. The molecule has 1 aliphatic carbocycles. The number of nitrogens with two attached hydrogens (primary N) is 1. The van der Waals surface area contributed by atoms with Gasteiger partial charge in [-0.05, 0) is 32.1 Å². The van der Waals surface area contributed by atoms with Crippen molar-refractivity contribution in [1.29, 1.82) is 0 Å². The van der Waals surface area contributed by atoms with Crippen LogP contribution in [0.4, 0.5) is 0 Å². The molecule has 78 valence electrons. The smallest absolute Gasteiger partial charge is 0.110 e. The molecule has 2 nitrogen and oxygen atoms in total. The molecule has 0 aromatic carbocycles. The van der Waals surface area contributed by atoms with Crippen LogP contribution in [0.2, 0.25) is 0 Å². The zero-order valence-corrected chi connectivity index (χ0v) is 9.57. The van der Waals surface area contributed by atoms with Crippen molar-refractivity contribution in [3.8, 4) is 0 Å². The number of rotatable bonds is 3. The molecule has 3 heteroatoms. The van der Waals surface area contributed by atoms with E-state index in [0.29, 0.717) is 0 Å². The average molecular weight is 210 g/mol. The standard InChI is InChI=1S/C11H18N2S/c1-2-5-8(12)11-13-9-6-3-4-7-10(9)14-11/h8H,2-7,12H2,1H3/t8-/m1/s1. The average Bonchev–Trinajstić information content (AvgIpc) is 2.61. The van der Waals surface area contributed by atoms with E-state index in [4.69, 9.17) is 5.73 Å². The van der Waals surface area contributed by atoms with Crippen LogP contribution in [0.5, 0.6) is 0 Å². The van der Waals surface area contributed by atoms with Crippen LogP contribution in [0.1, 0.15) is 54.2 Å². The van der Waals surface area contributed by atoms with Gasteiger partial charge in [0, 0.05) is 4.88 Å². The molecule has 2 N–H and O–H groups in total. The summed E-state index contributed by atoms with van der Waals surface area (Å²) < 4.78 is 0. The lowest BCUT2D eigenvalue weighted by molar-refractivity contribution is 0.626. The van der Waals surface area contributed by atoms with Crippen molar-refractivity contribution in [2.24, 2.45) is 5.73 Å². The van der Waals surface area contributed by atoms with Crippen molar-refractivity contribution in [1.82, 2.24) is 4.98 Å². The second-order valence-corrected chi connectivity index (χ2v) is 5.14. The van der Waals surface area contributed by atoms with E-state index in [1.807, 2.05) is 11.3 Å². The lowest BCUT2D eigenvalue weighted by atomic mass is 10.0. The molecular weight excluding hydrogens is 192 g/mol. The maximum Gasteiger partial charge on any atom is 0.110 e. The Balaban J connectivity index is 2.15. The highest BCUT2D eigenvalue weighted by atomic mass is 32.1. The molecule has 0 unspecified atom stereocenters. The molecule has 1 aromatic rings. The summed E-state index contributed by atoms with van der Waals surface area (Å²) in [5.41, 5.74) is 7.40.